The van der Waals surface area contributed by atoms with Gasteiger partial charge >= 0.3 is 0 Å². The number of ketones is 1. The smallest absolute Gasteiger partial charge is 0.220 e. The van der Waals surface area contributed by atoms with Gasteiger partial charge in [-0.15, -0.1) is 0 Å². The Kier molecular flexibility index (Phi) is 6.29. The van der Waals surface area contributed by atoms with Crippen LogP contribution in [0.25, 0.3) is 0 Å². The number of hydrogen-bond donors (Lipinski definition) is 1. The van der Waals surface area contributed by atoms with Gasteiger partial charge in [-0.05, 0) is 48.8 Å². The number of Topliss-reactive ketones (excluding diaryl/α,β-unsaturated/α-hetero) is 1. The lowest BCUT2D eigenvalue weighted by Gasteiger charge is -2.43. The zero-order valence-corrected chi connectivity index (χ0v) is 17.7. The second-order valence-electron chi connectivity index (χ2n) is 8.49. The molecule has 26 heavy (non-hydrogen) atoms. The summed E-state index contributed by atoms with van der Waals surface area (Å²) in [7, 11) is -0.384. The maximum atomic E-state index is 12.7. The fourth-order valence-corrected chi connectivity index (χ4v) is 4.21. The van der Waals surface area contributed by atoms with Gasteiger partial charge in [-0.1, -0.05) is 20.8 Å². The highest BCUT2D eigenvalue weighted by Crippen LogP contribution is 2.38. The summed E-state index contributed by atoms with van der Waals surface area (Å²) in [5, 5.41) is 3.06. The topological polar surface area (TPSA) is 64.6 Å². The molecule has 144 valence electrons. The molecule has 6 heteroatoms. The molecule has 0 aliphatic carbocycles. The minimum Gasteiger partial charge on any atom is -0.497 e. The average molecular weight is 378 g/mol. The number of carbonyl (C=O) groups is 2. The summed E-state index contributed by atoms with van der Waals surface area (Å²) >= 11 is 0. The van der Waals surface area contributed by atoms with E-state index in [0.29, 0.717) is 24.2 Å². The molecule has 1 saturated heterocycles. The lowest BCUT2D eigenvalue weighted by Crippen LogP contribution is -2.55. The summed E-state index contributed by atoms with van der Waals surface area (Å²) in [5.74, 6) is 0.711. The van der Waals surface area contributed by atoms with Crippen molar-refractivity contribution in [3.63, 3.8) is 0 Å². The molecule has 1 aliphatic heterocycles. The average Bonchev–Trinajstić information content (AvgIpc) is 2.56. The third-order valence-corrected chi connectivity index (χ3v) is 10.0. The summed E-state index contributed by atoms with van der Waals surface area (Å²) in [4.78, 5) is 24.6. The van der Waals surface area contributed by atoms with Gasteiger partial charge in [-0.2, -0.15) is 0 Å². The third kappa shape index (κ3) is 4.95. The molecule has 0 unspecified atom stereocenters. The molecular formula is C20H31NO4Si. The van der Waals surface area contributed by atoms with Crippen LogP contribution >= 0.6 is 0 Å². The van der Waals surface area contributed by atoms with Crippen LogP contribution in [0.1, 0.15) is 50.4 Å². The Morgan fingerprint density at radius 1 is 1.23 bits per heavy atom. The van der Waals surface area contributed by atoms with E-state index in [1.54, 1.807) is 31.4 Å². The van der Waals surface area contributed by atoms with E-state index in [9.17, 15) is 9.59 Å². The van der Waals surface area contributed by atoms with Gasteiger partial charge in [0.15, 0.2) is 14.1 Å². The van der Waals surface area contributed by atoms with Gasteiger partial charge in [0, 0.05) is 18.4 Å². The summed E-state index contributed by atoms with van der Waals surface area (Å²) in [6.45, 7) is 11.0. The zero-order valence-electron chi connectivity index (χ0n) is 16.7. The molecule has 1 aliphatic rings. The van der Waals surface area contributed by atoms with E-state index in [-0.39, 0.29) is 35.3 Å². The number of methoxy groups -OCH3 is 1. The second-order valence-corrected chi connectivity index (χ2v) is 13.2. The predicted octanol–water partition coefficient (Wildman–Crippen LogP) is 3.94. The molecule has 1 heterocycles. The van der Waals surface area contributed by atoms with Crippen molar-refractivity contribution in [2.24, 2.45) is 0 Å². The molecule has 5 nitrogen and oxygen atoms in total. The van der Waals surface area contributed by atoms with Crippen molar-refractivity contribution in [2.75, 3.05) is 7.11 Å². The first-order valence-electron chi connectivity index (χ1n) is 9.18. The Bertz CT molecular complexity index is 649. The molecule has 1 fully saturated rings. The van der Waals surface area contributed by atoms with Crippen LogP contribution in [-0.2, 0) is 9.22 Å². The standard InChI is InChI=1S/C20H31NO4Si/c1-20(2,3)26(5,6)25-18-11-12-19(23)21-16(18)13-17(22)14-7-9-15(24-4)10-8-14/h7-10,16,18H,11-13H2,1-6H3,(H,21,23)/t16-,18+/m0/s1. The third-order valence-electron chi connectivity index (χ3n) is 5.52. The minimum atomic E-state index is -1.98. The van der Waals surface area contributed by atoms with Crippen molar-refractivity contribution in [3.05, 3.63) is 29.8 Å². The molecule has 0 bridgehead atoms. The molecule has 0 radical (unpaired) electrons. The monoisotopic (exact) mass is 377 g/mol. The van der Waals surface area contributed by atoms with Gasteiger partial charge in [-0.25, -0.2) is 0 Å². The van der Waals surface area contributed by atoms with Crippen molar-refractivity contribution in [2.45, 2.75) is 70.3 Å². The van der Waals surface area contributed by atoms with Gasteiger partial charge in [0.05, 0.1) is 19.3 Å². The number of hydrogen-bond acceptors (Lipinski definition) is 4. The SMILES string of the molecule is COc1ccc(C(=O)C[C@@H]2NC(=O)CC[C@H]2O[Si](C)(C)C(C)(C)C)cc1. The number of piperidine rings is 1. The number of rotatable bonds is 6. The number of amides is 1. The van der Waals surface area contributed by atoms with E-state index in [0.717, 1.165) is 0 Å². The van der Waals surface area contributed by atoms with Crippen LogP contribution < -0.4 is 10.1 Å². The molecule has 0 aromatic heterocycles. The Morgan fingerprint density at radius 3 is 2.38 bits per heavy atom. The molecule has 0 saturated carbocycles. The Labute approximate surface area is 157 Å². The molecule has 2 atom stereocenters. The van der Waals surface area contributed by atoms with Crippen LogP contribution in [0.5, 0.6) is 5.75 Å². The lowest BCUT2D eigenvalue weighted by atomic mass is 9.94. The number of benzene rings is 1. The van der Waals surface area contributed by atoms with Crippen LogP contribution in [0.3, 0.4) is 0 Å². The fraction of sp³-hybridized carbons (Fsp3) is 0.600. The van der Waals surface area contributed by atoms with Crippen LogP contribution in [0.2, 0.25) is 18.1 Å². The summed E-state index contributed by atoms with van der Waals surface area (Å²) < 4.78 is 11.7. The van der Waals surface area contributed by atoms with Gasteiger partial charge in [0.1, 0.15) is 5.75 Å². The van der Waals surface area contributed by atoms with E-state index in [2.05, 4.69) is 39.2 Å². The first kappa shape index (κ1) is 20.6. The molecule has 1 amide bonds. The predicted molar refractivity (Wildman–Crippen MR) is 105 cm³/mol. The van der Waals surface area contributed by atoms with Gasteiger partial charge in [-0.3, -0.25) is 9.59 Å². The van der Waals surface area contributed by atoms with E-state index < -0.39 is 8.32 Å². The lowest BCUT2D eigenvalue weighted by molar-refractivity contribution is -0.125. The van der Waals surface area contributed by atoms with Crippen molar-refractivity contribution in [1.82, 2.24) is 5.32 Å². The van der Waals surface area contributed by atoms with Crippen LogP contribution in [-0.4, -0.2) is 39.3 Å². The molecule has 1 aromatic rings. The highest BCUT2D eigenvalue weighted by molar-refractivity contribution is 6.74. The van der Waals surface area contributed by atoms with E-state index >= 15 is 0 Å². The quantitative estimate of drug-likeness (QED) is 0.602. The van der Waals surface area contributed by atoms with Crippen LogP contribution in [0.15, 0.2) is 24.3 Å². The van der Waals surface area contributed by atoms with E-state index in [4.69, 9.17) is 9.16 Å². The first-order valence-corrected chi connectivity index (χ1v) is 12.1. The number of carbonyl (C=O) groups excluding carboxylic acids is 2. The maximum Gasteiger partial charge on any atom is 0.220 e. The highest BCUT2D eigenvalue weighted by Gasteiger charge is 2.42. The summed E-state index contributed by atoms with van der Waals surface area (Å²) in [6.07, 6.45) is 1.25. The van der Waals surface area contributed by atoms with Crippen molar-refractivity contribution < 1.29 is 18.8 Å². The second kappa shape index (κ2) is 7.92. The molecule has 0 spiro atoms. The fourth-order valence-electron chi connectivity index (χ4n) is 2.82. The maximum absolute atomic E-state index is 12.7. The minimum absolute atomic E-state index is 0.00341. The Hall–Kier alpha value is -1.66. The highest BCUT2D eigenvalue weighted by atomic mass is 28.4. The van der Waals surface area contributed by atoms with Crippen LogP contribution in [0, 0.1) is 0 Å². The van der Waals surface area contributed by atoms with Crippen LogP contribution in [0.4, 0.5) is 0 Å². The van der Waals surface area contributed by atoms with E-state index in [1.807, 2.05) is 0 Å². The normalized spacial score (nSPS) is 21.2. The Balaban J connectivity index is 2.12. The molecular weight excluding hydrogens is 346 g/mol. The number of nitrogens with one attached hydrogen (secondary N) is 1. The van der Waals surface area contributed by atoms with Crippen molar-refractivity contribution >= 4 is 20.0 Å². The van der Waals surface area contributed by atoms with Gasteiger partial charge in [0.25, 0.3) is 0 Å². The van der Waals surface area contributed by atoms with Crippen molar-refractivity contribution in [3.8, 4) is 5.75 Å². The molecule has 1 aromatic carbocycles. The molecule has 1 N–H and O–H groups in total. The van der Waals surface area contributed by atoms with Crippen molar-refractivity contribution in [1.29, 1.82) is 0 Å². The van der Waals surface area contributed by atoms with E-state index in [1.165, 1.54) is 0 Å². The summed E-state index contributed by atoms with van der Waals surface area (Å²) in [6, 6.07) is 6.79. The number of ether oxygens (including phenoxy) is 1. The van der Waals surface area contributed by atoms with Gasteiger partial charge < -0.3 is 14.5 Å². The Morgan fingerprint density at radius 2 is 1.85 bits per heavy atom. The molecule has 2 rings (SSSR count). The largest absolute Gasteiger partial charge is 0.497 e. The zero-order chi connectivity index (χ0) is 19.5. The first-order chi connectivity index (χ1) is 12.0. The van der Waals surface area contributed by atoms with Gasteiger partial charge in [0.2, 0.25) is 5.91 Å². The summed E-state index contributed by atoms with van der Waals surface area (Å²) in [5.41, 5.74) is 0.622.